The van der Waals surface area contributed by atoms with Crippen LogP contribution in [0.3, 0.4) is 0 Å². The number of benzene rings is 1. The molecule has 1 saturated heterocycles. The van der Waals surface area contributed by atoms with Gasteiger partial charge < -0.3 is 10.4 Å². The van der Waals surface area contributed by atoms with E-state index >= 15 is 0 Å². The molecule has 0 saturated carbocycles. The molecule has 126 valence electrons. The summed E-state index contributed by atoms with van der Waals surface area (Å²) in [5.74, 6) is -0.258. The lowest BCUT2D eigenvalue weighted by atomic mass is 10.0. The Kier molecular flexibility index (Phi) is 8.54. The van der Waals surface area contributed by atoms with Gasteiger partial charge in [0, 0.05) is 32.2 Å². The van der Waals surface area contributed by atoms with Crippen molar-refractivity contribution in [3.8, 4) is 5.75 Å². The summed E-state index contributed by atoms with van der Waals surface area (Å²) >= 11 is 0. The number of rotatable bonds is 4. The monoisotopic (exact) mass is 359 g/mol. The second-order valence-electron chi connectivity index (χ2n) is 4.57. The third-order valence-corrected chi connectivity index (χ3v) is 3.31. The number of alkyl halides is 2. The van der Waals surface area contributed by atoms with Crippen molar-refractivity contribution in [2.45, 2.75) is 12.5 Å². The van der Waals surface area contributed by atoms with Crippen LogP contribution in [-0.2, 0) is 0 Å². The standard InChI is InChI=1S/C12H15F2N3O3.2ClH/c13-12(14)11(16-5-3-15-4-6-16)9-7-8(18)1-2-10(9)17(19)20;;/h1-2,7,11-12,15,18H,3-6H2;2*1H/t11-;;/m0../s1. The molecular weight excluding hydrogens is 343 g/mol. The summed E-state index contributed by atoms with van der Waals surface area (Å²) in [6.45, 7) is 1.86. The lowest BCUT2D eigenvalue weighted by molar-refractivity contribution is -0.386. The first kappa shape index (κ1) is 20.8. The lowest BCUT2D eigenvalue weighted by Gasteiger charge is -2.34. The molecule has 0 spiro atoms. The lowest BCUT2D eigenvalue weighted by Crippen LogP contribution is -2.47. The van der Waals surface area contributed by atoms with Gasteiger partial charge in [0.1, 0.15) is 11.8 Å². The predicted molar refractivity (Wildman–Crippen MR) is 82.4 cm³/mol. The van der Waals surface area contributed by atoms with Crippen LogP contribution in [-0.4, -0.2) is 47.5 Å². The smallest absolute Gasteiger partial charge is 0.274 e. The Balaban J connectivity index is 0.00000220. The van der Waals surface area contributed by atoms with Crippen molar-refractivity contribution in [2.75, 3.05) is 26.2 Å². The SMILES string of the molecule is Cl.Cl.O=[N+]([O-])c1ccc(O)cc1[C@@H](C(F)F)N1CCNCC1. The van der Waals surface area contributed by atoms with Crippen LogP contribution in [0.4, 0.5) is 14.5 Å². The maximum atomic E-state index is 13.4. The first-order chi connectivity index (χ1) is 9.50. The minimum atomic E-state index is -2.77. The highest BCUT2D eigenvalue weighted by Gasteiger charge is 2.35. The Labute approximate surface area is 138 Å². The molecule has 1 aliphatic rings. The number of phenols is 1. The van der Waals surface area contributed by atoms with Crippen LogP contribution in [0.1, 0.15) is 11.6 Å². The second-order valence-corrected chi connectivity index (χ2v) is 4.57. The molecule has 1 aromatic rings. The quantitative estimate of drug-likeness (QED) is 0.637. The maximum Gasteiger partial charge on any atom is 0.274 e. The molecule has 0 amide bonds. The van der Waals surface area contributed by atoms with Gasteiger partial charge in [-0.25, -0.2) is 8.78 Å². The second kappa shape index (κ2) is 9.04. The van der Waals surface area contributed by atoms with Gasteiger partial charge in [0.2, 0.25) is 0 Å². The maximum absolute atomic E-state index is 13.4. The molecular formula is C12H17Cl2F2N3O3. The van der Waals surface area contributed by atoms with Gasteiger partial charge in [-0.15, -0.1) is 24.8 Å². The fraction of sp³-hybridized carbons (Fsp3) is 0.500. The number of phenolic OH excluding ortho intramolecular Hbond substituents is 1. The highest BCUT2D eigenvalue weighted by atomic mass is 35.5. The topological polar surface area (TPSA) is 78.6 Å². The van der Waals surface area contributed by atoms with Gasteiger partial charge in [0.15, 0.2) is 0 Å². The molecule has 6 nitrogen and oxygen atoms in total. The molecule has 0 aromatic heterocycles. The predicted octanol–water partition coefficient (Wildman–Crippen LogP) is 2.36. The number of nitrogens with one attached hydrogen (secondary N) is 1. The van der Waals surface area contributed by atoms with E-state index in [1.807, 2.05) is 0 Å². The van der Waals surface area contributed by atoms with Crippen LogP contribution in [0, 0.1) is 10.1 Å². The highest BCUT2D eigenvalue weighted by molar-refractivity contribution is 5.85. The van der Waals surface area contributed by atoms with Gasteiger partial charge in [-0.1, -0.05) is 0 Å². The van der Waals surface area contributed by atoms with Crippen LogP contribution < -0.4 is 5.32 Å². The van der Waals surface area contributed by atoms with Crippen molar-refractivity contribution in [1.82, 2.24) is 10.2 Å². The highest BCUT2D eigenvalue weighted by Crippen LogP contribution is 2.36. The van der Waals surface area contributed by atoms with Crippen LogP contribution in [0.5, 0.6) is 5.75 Å². The molecule has 0 unspecified atom stereocenters. The van der Waals surface area contributed by atoms with E-state index in [0.29, 0.717) is 26.2 Å². The molecule has 2 N–H and O–H groups in total. The van der Waals surface area contributed by atoms with Crippen LogP contribution >= 0.6 is 24.8 Å². The molecule has 1 aromatic carbocycles. The largest absolute Gasteiger partial charge is 0.508 e. The zero-order valence-corrected chi connectivity index (χ0v) is 13.1. The van der Waals surface area contributed by atoms with E-state index in [-0.39, 0.29) is 36.1 Å². The fourth-order valence-electron chi connectivity index (χ4n) is 2.40. The third kappa shape index (κ3) is 4.64. The molecule has 0 aliphatic carbocycles. The van der Waals surface area contributed by atoms with E-state index in [2.05, 4.69) is 5.32 Å². The summed E-state index contributed by atoms with van der Waals surface area (Å²) in [5, 5.41) is 23.5. The Morgan fingerprint density at radius 1 is 1.27 bits per heavy atom. The van der Waals surface area contributed by atoms with Crippen molar-refractivity contribution in [2.24, 2.45) is 0 Å². The number of hydrogen-bond acceptors (Lipinski definition) is 5. The van der Waals surface area contributed by atoms with Gasteiger partial charge in [-0.05, 0) is 12.1 Å². The van der Waals surface area contributed by atoms with Crippen molar-refractivity contribution in [3.63, 3.8) is 0 Å². The average molecular weight is 360 g/mol. The van der Waals surface area contributed by atoms with Gasteiger partial charge in [-0.2, -0.15) is 0 Å². The molecule has 0 bridgehead atoms. The van der Waals surface area contributed by atoms with E-state index in [9.17, 15) is 24.0 Å². The molecule has 2 rings (SSSR count). The minimum absolute atomic E-state index is 0. The first-order valence-corrected chi connectivity index (χ1v) is 6.21. The fourth-order valence-corrected chi connectivity index (χ4v) is 2.40. The van der Waals surface area contributed by atoms with Gasteiger partial charge in [0.05, 0.1) is 10.5 Å². The minimum Gasteiger partial charge on any atom is -0.508 e. The number of aromatic hydroxyl groups is 1. The summed E-state index contributed by atoms with van der Waals surface area (Å²) < 4.78 is 26.8. The zero-order chi connectivity index (χ0) is 14.7. The molecule has 0 radical (unpaired) electrons. The molecule has 10 heteroatoms. The van der Waals surface area contributed by atoms with E-state index in [4.69, 9.17) is 0 Å². The van der Waals surface area contributed by atoms with Crippen LogP contribution in [0.25, 0.3) is 0 Å². The normalized spacial score (nSPS) is 16.5. The summed E-state index contributed by atoms with van der Waals surface area (Å²) in [6, 6.07) is 1.85. The number of halogens is 4. The number of piperazine rings is 1. The van der Waals surface area contributed by atoms with Gasteiger partial charge >= 0.3 is 0 Å². The Hall–Kier alpha value is -1.22. The molecule has 1 fully saturated rings. The third-order valence-electron chi connectivity index (χ3n) is 3.31. The summed E-state index contributed by atoms with van der Waals surface area (Å²) in [6.07, 6.45) is -2.77. The first-order valence-electron chi connectivity index (χ1n) is 6.21. The molecule has 1 aliphatic heterocycles. The summed E-state index contributed by atoms with van der Waals surface area (Å²) in [7, 11) is 0. The van der Waals surface area contributed by atoms with Gasteiger partial charge in [-0.3, -0.25) is 15.0 Å². The van der Waals surface area contributed by atoms with Crippen molar-refractivity contribution in [1.29, 1.82) is 0 Å². The number of hydrogen-bond donors (Lipinski definition) is 2. The average Bonchev–Trinajstić information content (AvgIpc) is 2.39. The number of nitro groups is 1. The van der Waals surface area contributed by atoms with Crippen LogP contribution in [0.2, 0.25) is 0 Å². The van der Waals surface area contributed by atoms with Crippen LogP contribution in [0.15, 0.2) is 18.2 Å². The summed E-state index contributed by atoms with van der Waals surface area (Å²) in [4.78, 5) is 11.8. The van der Waals surface area contributed by atoms with Crippen molar-refractivity contribution in [3.05, 3.63) is 33.9 Å². The van der Waals surface area contributed by atoms with E-state index in [1.54, 1.807) is 0 Å². The van der Waals surface area contributed by atoms with Crippen molar-refractivity contribution >= 4 is 30.5 Å². The Morgan fingerprint density at radius 3 is 2.36 bits per heavy atom. The van der Waals surface area contributed by atoms with E-state index in [1.165, 1.54) is 4.90 Å². The molecule has 1 heterocycles. The Bertz CT molecular complexity index is 503. The zero-order valence-electron chi connectivity index (χ0n) is 11.4. The Morgan fingerprint density at radius 2 is 1.86 bits per heavy atom. The van der Waals surface area contributed by atoms with Gasteiger partial charge in [0.25, 0.3) is 12.1 Å². The number of nitro benzene ring substituents is 1. The van der Waals surface area contributed by atoms with Crippen molar-refractivity contribution < 1.29 is 18.8 Å². The summed E-state index contributed by atoms with van der Waals surface area (Å²) in [5.41, 5.74) is -0.543. The number of nitrogens with zero attached hydrogens (tertiary/aromatic N) is 2. The van der Waals surface area contributed by atoms with E-state index in [0.717, 1.165) is 18.2 Å². The van der Waals surface area contributed by atoms with E-state index < -0.39 is 23.1 Å². The molecule has 1 atom stereocenters. The molecule has 22 heavy (non-hydrogen) atoms.